The van der Waals surface area contributed by atoms with Crippen molar-refractivity contribution in [2.24, 2.45) is 16.2 Å². The van der Waals surface area contributed by atoms with Crippen LogP contribution in [0.2, 0.25) is 5.02 Å². The molecule has 334 valence electrons. The number of halogens is 1. The van der Waals surface area contributed by atoms with Crippen molar-refractivity contribution in [2.45, 2.75) is 118 Å². The molecule has 15 heteroatoms. The van der Waals surface area contributed by atoms with Crippen LogP contribution >= 0.6 is 11.6 Å². The molecule has 1 aromatic heterocycles. The molecule has 2 heterocycles. The average Bonchev–Trinajstić information content (AvgIpc) is 3.62. The third-order valence-corrected chi connectivity index (χ3v) is 12.1. The lowest BCUT2D eigenvalue weighted by atomic mass is 9.49. The summed E-state index contributed by atoms with van der Waals surface area (Å²) < 4.78 is 12.0. The van der Waals surface area contributed by atoms with E-state index in [2.05, 4.69) is 60.0 Å². The molecule has 0 spiro atoms. The number of carbonyl (C=O) groups excluding carboxylic acids is 4. The van der Waals surface area contributed by atoms with Crippen molar-refractivity contribution in [3.8, 4) is 11.8 Å². The van der Waals surface area contributed by atoms with Crippen LogP contribution in [0.1, 0.15) is 101 Å². The van der Waals surface area contributed by atoms with E-state index in [0.717, 1.165) is 30.5 Å². The van der Waals surface area contributed by atoms with Gasteiger partial charge in [0.15, 0.2) is 0 Å². The molecule has 3 atom stereocenters. The molecule has 1 aliphatic heterocycles. The standard InChI is InChI=1S/C47H62ClN7O7/c1-29-12-16-33(51-25-29)26-52-41(59)37-22-34(56)27-55(37)42(60)39(45(2,3)4)53-38(57)28-61-21-11-9-10-20-50-32-17-13-30(14-18-32)40(58)54-43-46(5,6)44(47(43,7)8)62-35-19-15-31(24-49)36(48)23-35/h12-19,23,25,34,37,39,43-44,50,56H,9-11,20-22,26-28H2,1-8H3,(H,52,59)(H,53,57)(H,54,58)/t34-,37+,39-,43-,44-/m1/s1. The number of nitriles is 1. The Morgan fingerprint density at radius 2 is 1.73 bits per heavy atom. The Kier molecular flexibility index (Phi) is 15.7. The van der Waals surface area contributed by atoms with Gasteiger partial charge in [0.2, 0.25) is 17.7 Å². The smallest absolute Gasteiger partial charge is 0.251 e. The summed E-state index contributed by atoms with van der Waals surface area (Å²) in [4.78, 5) is 59.0. The summed E-state index contributed by atoms with van der Waals surface area (Å²) in [5.74, 6) is -0.843. The Bertz CT molecular complexity index is 2080. The van der Waals surface area contributed by atoms with Gasteiger partial charge in [0.05, 0.1) is 28.9 Å². The van der Waals surface area contributed by atoms with E-state index in [9.17, 15) is 29.5 Å². The van der Waals surface area contributed by atoms with E-state index in [1.165, 1.54) is 4.90 Å². The van der Waals surface area contributed by atoms with Gasteiger partial charge in [-0.05, 0) is 79.6 Å². The van der Waals surface area contributed by atoms with Gasteiger partial charge in [0.1, 0.15) is 36.6 Å². The summed E-state index contributed by atoms with van der Waals surface area (Å²) >= 11 is 6.23. The summed E-state index contributed by atoms with van der Waals surface area (Å²) in [6, 6.07) is 16.2. The minimum absolute atomic E-state index is 0.00803. The van der Waals surface area contributed by atoms with Gasteiger partial charge in [-0.1, -0.05) is 66.1 Å². The molecule has 1 aliphatic carbocycles. The second-order valence-corrected chi connectivity index (χ2v) is 19.1. The summed E-state index contributed by atoms with van der Waals surface area (Å²) in [6.07, 6.45) is 3.20. The van der Waals surface area contributed by atoms with Gasteiger partial charge in [-0.25, -0.2) is 0 Å². The average molecular weight is 873 g/mol. The van der Waals surface area contributed by atoms with E-state index < -0.39 is 35.4 Å². The number of ether oxygens (including phenoxy) is 2. The number of β-amino-alcohol motifs (C(OH)–C–C–N with tert-alkyl or cyclic N) is 1. The Morgan fingerprint density at radius 1 is 1.02 bits per heavy atom. The van der Waals surface area contributed by atoms with Crippen LogP contribution in [0.5, 0.6) is 5.75 Å². The van der Waals surface area contributed by atoms with Gasteiger partial charge in [0.25, 0.3) is 5.91 Å². The number of carbonyl (C=O) groups is 4. The molecule has 0 unspecified atom stereocenters. The fraction of sp³-hybridized carbons (Fsp3) is 0.532. The van der Waals surface area contributed by atoms with E-state index in [0.29, 0.717) is 40.7 Å². The van der Waals surface area contributed by atoms with Crippen LogP contribution in [0.3, 0.4) is 0 Å². The van der Waals surface area contributed by atoms with E-state index in [1.54, 1.807) is 36.5 Å². The lowest BCUT2D eigenvalue weighted by molar-refractivity contribution is -0.164. The highest BCUT2D eigenvalue weighted by molar-refractivity contribution is 6.31. The van der Waals surface area contributed by atoms with Crippen LogP contribution in [0.4, 0.5) is 5.69 Å². The highest BCUT2D eigenvalue weighted by Crippen LogP contribution is 2.55. The van der Waals surface area contributed by atoms with E-state index in [4.69, 9.17) is 21.1 Å². The fourth-order valence-electron chi connectivity index (χ4n) is 8.67. The number of aliphatic hydroxyl groups is 1. The summed E-state index contributed by atoms with van der Waals surface area (Å²) in [7, 11) is 0. The first-order chi connectivity index (χ1) is 29.2. The molecule has 1 saturated heterocycles. The maximum absolute atomic E-state index is 13.8. The number of benzene rings is 2. The van der Waals surface area contributed by atoms with Crippen molar-refractivity contribution < 1.29 is 33.8 Å². The minimum atomic E-state index is -0.940. The van der Waals surface area contributed by atoms with Gasteiger partial charge in [-0.15, -0.1) is 0 Å². The lowest BCUT2D eigenvalue weighted by Crippen LogP contribution is -2.74. The molecular weight excluding hydrogens is 810 g/mol. The van der Waals surface area contributed by atoms with Gasteiger partial charge in [0, 0.05) is 66.5 Å². The Labute approximate surface area is 370 Å². The normalized spacial score (nSPS) is 20.6. The molecule has 14 nitrogen and oxygen atoms in total. The maximum Gasteiger partial charge on any atom is 0.251 e. The molecule has 4 amide bonds. The molecule has 0 bridgehead atoms. The second kappa shape index (κ2) is 20.3. The van der Waals surface area contributed by atoms with Crippen LogP contribution in [0.15, 0.2) is 60.8 Å². The molecule has 2 aliphatic rings. The largest absolute Gasteiger partial charge is 0.489 e. The maximum atomic E-state index is 13.8. The number of likely N-dealkylation sites (tertiary alicyclic amines) is 1. The van der Waals surface area contributed by atoms with Gasteiger partial charge in [-0.3, -0.25) is 24.2 Å². The zero-order valence-electron chi connectivity index (χ0n) is 37.1. The number of aliphatic hydroxyl groups excluding tert-OH is 1. The highest BCUT2D eigenvalue weighted by atomic mass is 35.5. The van der Waals surface area contributed by atoms with Gasteiger partial charge in [-0.2, -0.15) is 5.26 Å². The zero-order valence-corrected chi connectivity index (χ0v) is 37.9. The molecule has 1 saturated carbocycles. The van der Waals surface area contributed by atoms with Gasteiger partial charge < -0.3 is 40.7 Å². The number of hydrogen-bond donors (Lipinski definition) is 5. The summed E-state index contributed by atoms with van der Waals surface area (Å²) in [5, 5.41) is 32.2. The van der Waals surface area contributed by atoms with Crippen molar-refractivity contribution in [2.75, 3.05) is 31.6 Å². The Morgan fingerprint density at radius 3 is 2.35 bits per heavy atom. The SMILES string of the molecule is Cc1ccc(CNC(=O)[C@@H]2C[C@@H](O)CN2C(=O)[C@@H](NC(=O)COCCCCCNc2ccc(C(=O)N[C@H]3C(C)(C)[C@H](Oc4ccc(C#N)c(Cl)c4)C3(C)C)cc2)C(C)(C)C)nc1. The van der Waals surface area contributed by atoms with E-state index in [1.807, 2.05) is 52.0 Å². The predicted octanol–water partition coefficient (Wildman–Crippen LogP) is 5.94. The molecule has 62 heavy (non-hydrogen) atoms. The van der Waals surface area contributed by atoms with E-state index in [-0.39, 0.29) is 60.9 Å². The van der Waals surface area contributed by atoms with Crippen molar-refractivity contribution in [1.29, 1.82) is 5.26 Å². The molecule has 2 aromatic carbocycles. The number of aromatic nitrogens is 1. The molecular formula is C47H62ClN7O7. The molecule has 5 rings (SSSR count). The molecule has 5 N–H and O–H groups in total. The first kappa shape index (κ1) is 47.8. The van der Waals surface area contributed by atoms with Crippen LogP contribution < -0.4 is 26.0 Å². The number of hydrogen-bond acceptors (Lipinski definition) is 10. The Balaban J connectivity index is 0.989. The molecule has 0 radical (unpaired) electrons. The van der Waals surface area contributed by atoms with Crippen molar-refractivity contribution in [3.63, 3.8) is 0 Å². The number of unbranched alkanes of at least 4 members (excludes halogenated alkanes) is 2. The third kappa shape index (κ3) is 11.8. The van der Waals surface area contributed by atoms with E-state index >= 15 is 0 Å². The number of rotatable bonds is 18. The number of aryl methyl sites for hydroxylation is 1. The predicted molar refractivity (Wildman–Crippen MR) is 237 cm³/mol. The van der Waals surface area contributed by atoms with Crippen molar-refractivity contribution in [3.05, 3.63) is 88.2 Å². The highest BCUT2D eigenvalue weighted by Gasteiger charge is 2.64. The topological polar surface area (TPSA) is 195 Å². The van der Waals surface area contributed by atoms with Crippen LogP contribution in [-0.4, -0.2) is 95.3 Å². The minimum Gasteiger partial charge on any atom is -0.489 e. The molecule has 3 aromatic rings. The second-order valence-electron chi connectivity index (χ2n) is 18.7. The quantitative estimate of drug-likeness (QED) is 0.0956. The number of anilines is 1. The van der Waals surface area contributed by atoms with Crippen LogP contribution in [0.25, 0.3) is 0 Å². The monoisotopic (exact) mass is 871 g/mol. The number of amides is 4. The van der Waals surface area contributed by atoms with Crippen molar-refractivity contribution in [1.82, 2.24) is 25.8 Å². The lowest BCUT2D eigenvalue weighted by Gasteiger charge is -2.63. The first-order valence-corrected chi connectivity index (χ1v) is 21.7. The van der Waals surface area contributed by atoms with Crippen molar-refractivity contribution >= 4 is 40.9 Å². The first-order valence-electron chi connectivity index (χ1n) is 21.3. The Hall–Kier alpha value is -5.23. The fourth-order valence-corrected chi connectivity index (χ4v) is 8.89. The number of nitrogens with zero attached hydrogens (tertiary/aromatic N) is 3. The number of pyridine rings is 1. The summed E-state index contributed by atoms with van der Waals surface area (Å²) in [6.45, 7) is 16.7. The number of nitrogens with one attached hydrogen (secondary N) is 4. The van der Waals surface area contributed by atoms with Gasteiger partial charge >= 0.3 is 0 Å². The molecule has 2 fully saturated rings. The van der Waals surface area contributed by atoms with Crippen LogP contribution in [0, 0.1) is 34.5 Å². The zero-order chi connectivity index (χ0) is 45.4. The summed E-state index contributed by atoms with van der Waals surface area (Å²) in [5.41, 5.74) is 2.09. The third-order valence-electron chi connectivity index (χ3n) is 11.8. The van der Waals surface area contributed by atoms with Crippen LogP contribution in [-0.2, 0) is 25.7 Å².